The zero-order chi connectivity index (χ0) is 22.0. The van der Waals surface area contributed by atoms with Crippen LogP contribution in [0.5, 0.6) is 0 Å². The standard InChI is InChI=1S/C13H5N5O11/c19-13(6-4-2-1-3-5-6)7-8(14(20)21)10(16(24)25)12(18(28)29)11(17(26)27)9(7)15(22)23/h1-5H. The largest absolute Gasteiger partial charge is 0.437 e. The molecule has 2 rings (SSSR count). The molecule has 0 aliphatic carbocycles. The van der Waals surface area contributed by atoms with Gasteiger partial charge in [-0.1, -0.05) is 30.3 Å². The monoisotopic (exact) mass is 407 g/mol. The molecule has 0 atom stereocenters. The lowest BCUT2D eigenvalue weighted by atomic mass is 9.96. The first-order valence-corrected chi connectivity index (χ1v) is 7.06. The maximum atomic E-state index is 12.7. The minimum atomic E-state index is -2.08. The van der Waals surface area contributed by atoms with Gasteiger partial charge in [-0.3, -0.25) is 55.4 Å². The molecule has 2 aromatic carbocycles. The number of hydrogen-bond donors (Lipinski definition) is 0. The van der Waals surface area contributed by atoms with Crippen LogP contribution in [0.15, 0.2) is 30.3 Å². The van der Waals surface area contributed by atoms with E-state index >= 15 is 0 Å². The van der Waals surface area contributed by atoms with Gasteiger partial charge in [-0.2, -0.15) is 0 Å². The Kier molecular flexibility index (Phi) is 5.20. The molecule has 0 saturated heterocycles. The Labute approximate surface area is 156 Å². The Bertz CT molecular complexity index is 1060. The maximum absolute atomic E-state index is 12.7. The second kappa shape index (κ2) is 7.39. The van der Waals surface area contributed by atoms with Crippen LogP contribution in [0.25, 0.3) is 0 Å². The van der Waals surface area contributed by atoms with E-state index in [2.05, 4.69) is 0 Å². The summed E-state index contributed by atoms with van der Waals surface area (Å²) >= 11 is 0. The number of rotatable bonds is 7. The summed E-state index contributed by atoms with van der Waals surface area (Å²) in [7, 11) is 0. The fraction of sp³-hybridized carbons (Fsp3) is 0. The first-order valence-electron chi connectivity index (χ1n) is 7.06. The van der Waals surface area contributed by atoms with E-state index in [1.807, 2.05) is 0 Å². The Hall–Kier alpha value is -4.89. The average Bonchev–Trinajstić information content (AvgIpc) is 2.64. The van der Waals surface area contributed by atoms with Gasteiger partial charge in [0, 0.05) is 5.56 Å². The van der Waals surface area contributed by atoms with E-state index in [1.165, 1.54) is 18.2 Å². The SMILES string of the molecule is O=C(c1ccccc1)c1c([N+](=O)[O-])c([N+](=O)[O-])c([N+](=O)[O-])c([N+](=O)[O-])c1[N+](=O)[O-]. The second-order valence-corrected chi connectivity index (χ2v) is 5.10. The first-order chi connectivity index (χ1) is 13.5. The molecule has 0 aliphatic heterocycles. The van der Waals surface area contributed by atoms with Gasteiger partial charge in [-0.15, -0.1) is 0 Å². The van der Waals surface area contributed by atoms with Crippen molar-refractivity contribution in [1.82, 2.24) is 0 Å². The molecule has 0 amide bonds. The van der Waals surface area contributed by atoms with E-state index in [0.29, 0.717) is 0 Å². The van der Waals surface area contributed by atoms with Crippen LogP contribution < -0.4 is 0 Å². The van der Waals surface area contributed by atoms with Crippen molar-refractivity contribution in [3.8, 4) is 0 Å². The highest BCUT2D eigenvalue weighted by Gasteiger charge is 2.55. The molecule has 0 saturated carbocycles. The molecule has 29 heavy (non-hydrogen) atoms. The fourth-order valence-electron chi connectivity index (χ4n) is 2.51. The van der Waals surface area contributed by atoms with Crippen LogP contribution in [0.1, 0.15) is 15.9 Å². The number of hydrogen-bond acceptors (Lipinski definition) is 11. The van der Waals surface area contributed by atoms with Crippen molar-refractivity contribution in [3.05, 3.63) is 92.0 Å². The lowest BCUT2D eigenvalue weighted by Gasteiger charge is -2.06. The van der Waals surface area contributed by atoms with Gasteiger partial charge in [0.1, 0.15) is 0 Å². The average molecular weight is 407 g/mol. The summed E-state index contributed by atoms with van der Waals surface area (Å²) in [6.07, 6.45) is 0. The highest BCUT2D eigenvalue weighted by molar-refractivity contribution is 6.17. The highest BCUT2D eigenvalue weighted by atomic mass is 16.7. The Morgan fingerprint density at radius 1 is 0.552 bits per heavy atom. The number of carbonyl (C=O) groups is 1. The quantitative estimate of drug-likeness (QED) is 0.367. The van der Waals surface area contributed by atoms with Gasteiger partial charge in [0.15, 0.2) is 5.56 Å². The number of nitro groups is 5. The molecular weight excluding hydrogens is 402 g/mol. The van der Waals surface area contributed by atoms with E-state index < -0.39 is 70.0 Å². The molecule has 0 N–H and O–H groups in total. The molecule has 16 nitrogen and oxygen atoms in total. The minimum Gasteiger partial charge on any atom is -0.288 e. The third kappa shape index (κ3) is 3.39. The van der Waals surface area contributed by atoms with Gasteiger partial charge in [0.2, 0.25) is 5.78 Å². The zero-order valence-electron chi connectivity index (χ0n) is 13.6. The maximum Gasteiger partial charge on any atom is 0.437 e. The molecule has 0 spiro atoms. The first kappa shape index (κ1) is 20.4. The number of benzene rings is 2. The Morgan fingerprint density at radius 2 is 0.862 bits per heavy atom. The van der Waals surface area contributed by atoms with Crippen molar-refractivity contribution in [2.45, 2.75) is 0 Å². The smallest absolute Gasteiger partial charge is 0.288 e. The van der Waals surface area contributed by atoms with Crippen molar-refractivity contribution in [2.75, 3.05) is 0 Å². The van der Waals surface area contributed by atoms with Crippen LogP contribution in [0, 0.1) is 50.6 Å². The van der Waals surface area contributed by atoms with E-state index in [-0.39, 0.29) is 0 Å². The van der Waals surface area contributed by atoms with Crippen LogP contribution in [-0.2, 0) is 0 Å². The van der Waals surface area contributed by atoms with E-state index in [1.54, 1.807) is 0 Å². The Morgan fingerprint density at radius 3 is 1.17 bits per heavy atom. The van der Waals surface area contributed by atoms with E-state index in [4.69, 9.17) is 0 Å². The van der Waals surface area contributed by atoms with Crippen molar-refractivity contribution in [1.29, 1.82) is 0 Å². The summed E-state index contributed by atoms with van der Waals surface area (Å²) in [6, 6.07) is 5.97. The molecule has 148 valence electrons. The molecule has 0 fully saturated rings. The van der Waals surface area contributed by atoms with Gasteiger partial charge >= 0.3 is 28.4 Å². The second-order valence-electron chi connectivity index (χ2n) is 5.10. The summed E-state index contributed by atoms with van der Waals surface area (Å²) < 4.78 is 0. The lowest BCUT2D eigenvalue weighted by molar-refractivity contribution is -0.460. The van der Waals surface area contributed by atoms with Crippen molar-refractivity contribution in [2.24, 2.45) is 0 Å². The van der Waals surface area contributed by atoms with Crippen LogP contribution in [0.2, 0.25) is 0 Å². The van der Waals surface area contributed by atoms with Crippen LogP contribution in [0.3, 0.4) is 0 Å². The summed E-state index contributed by atoms with van der Waals surface area (Å²) in [4.78, 5) is 61.1. The molecule has 0 bridgehead atoms. The number of nitrogens with zero attached hydrogens (tertiary/aromatic N) is 5. The Balaban J connectivity index is 3.25. The molecule has 2 aromatic rings. The number of nitro benzene ring substituents is 5. The zero-order valence-corrected chi connectivity index (χ0v) is 13.6. The molecule has 0 unspecified atom stereocenters. The fourth-order valence-corrected chi connectivity index (χ4v) is 2.51. The topological polar surface area (TPSA) is 233 Å². The third-order valence-corrected chi connectivity index (χ3v) is 3.55. The van der Waals surface area contributed by atoms with E-state index in [0.717, 1.165) is 12.1 Å². The van der Waals surface area contributed by atoms with Crippen molar-refractivity contribution >= 4 is 34.2 Å². The van der Waals surface area contributed by atoms with Crippen molar-refractivity contribution in [3.63, 3.8) is 0 Å². The van der Waals surface area contributed by atoms with Gasteiger partial charge in [0.05, 0.1) is 24.6 Å². The number of ketones is 1. The molecular formula is C13H5N5O11. The predicted octanol–water partition coefficient (Wildman–Crippen LogP) is 2.46. The van der Waals surface area contributed by atoms with Gasteiger partial charge in [0.25, 0.3) is 0 Å². The predicted molar refractivity (Wildman–Crippen MR) is 89.6 cm³/mol. The van der Waals surface area contributed by atoms with Gasteiger partial charge < -0.3 is 0 Å². The number of carbonyl (C=O) groups excluding carboxylic acids is 1. The van der Waals surface area contributed by atoms with Gasteiger partial charge in [-0.05, 0) is 0 Å². The minimum absolute atomic E-state index is 0.434. The van der Waals surface area contributed by atoms with Crippen LogP contribution >= 0.6 is 0 Å². The van der Waals surface area contributed by atoms with Gasteiger partial charge in [-0.25, -0.2) is 0 Å². The summed E-state index contributed by atoms with van der Waals surface area (Å²) in [5.41, 5.74) is -12.0. The highest BCUT2D eigenvalue weighted by Crippen LogP contribution is 2.52. The van der Waals surface area contributed by atoms with Crippen LogP contribution in [-0.4, -0.2) is 30.4 Å². The molecule has 0 heterocycles. The lowest BCUT2D eigenvalue weighted by Crippen LogP contribution is -2.15. The van der Waals surface area contributed by atoms with E-state index in [9.17, 15) is 55.4 Å². The van der Waals surface area contributed by atoms with Crippen LogP contribution in [0.4, 0.5) is 28.4 Å². The van der Waals surface area contributed by atoms with Crippen molar-refractivity contribution < 1.29 is 29.4 Å². The molecule has 0 aromatic heterocycles. The summed E-state index contributed by atoms with van der Waals surface area (Å²) in [6.45, 7) is 0. The summed E-state index contributed by atoms with van der Waals surface area (Å²) in [5, 5.41) is 56.7. The molecule has 0 radical (unpaired) electrons. The third-order valence-electron chi connectivity index (χ3n) is 3.55. The normalized spacial score (nSPS) is 10.2. The molecule has 0 aliphatic rings. The summed E-state index contributed by atoms with van der Waals surface area (Å²) in [5.74, 6) is -1.54. The molecule has 16 heteroatoms.